The number of methoxy groups -OCH3 is 1. The van der Waals surface area contributed by atoms with Crippen LogP contribution in [0.5, 0.6) is 5.75 Å². The lowest BCUT2D eigenvalue weighted by atomic mass is 10.2. The average molecular weight is 386 g/mol. The smallest absolute Gasteiger partial charge is 0.246 e. The van der Waals surface area contributed by atoms with E-state index in [0.717, 1.165) is 5.56 Å². The van der Waals surface area contributed by atoms with E-state index in [1.54, 1.807) is 23.1 Å². The predicted molar refractivity (Wildman–Crippen MR) is 104 cm³/mol. The van der Waals surface area contributed by atoms with Gasteiger partial charge in [0.15, 0.2) is 0 Å². The van der Waals surface area contributed by atoms with E-state index < -0.39 is 10.0 Å². The summed E-state index contributed by atoms with van der Waals surface area (Å²) in [5.74, 6) is 0.495. The molecule has 142 valence electrons. The van der Waals surface area contributed by atoms with E-state index in [1.807, 2.05) is 30.3 Å². The van der Waals surface area contributed by atoms with Crippen molar-refractivity contribution in [2.75, 3.05) is 33.3 Å². The van der Waals surface area contributed by atoms with Crippen LogP contribution in [0.25, 0.3) is 6.08 Å². The Morgan fingerprint density at radius 1 is 0.963 bits per heavy atom. The lowest BCUT2D eigenvalue weighted by molar-refractivity contribution is -0.127. The summed E-state index contributed by atoms with van der Waals surface area (Å²) in [4.78, 5) is 14.2. The fourth-order valence-electron chi connectivity index (χ4n) is 2.88. The van der Waals surface area contributed by atoms with Gasteiger partial charge in [-0.3, -0.25) is 4.79 Å². The molecule has 6 nitrogen and oxygen atoms in total. The molecule has 0 atom stereocenters. The molecule has 1 aliphatic heterocycles. The van der Waals surface area contributed by atoms with Crippen LogP contribution in [0.15, 0.2) is 65.6 Å². The van der Waals surface area contributed by atoms with Crippen molar-refractivity contribution < 1.29 is 17.9 Å². The van der Waals surface area contributed by atoms with Crippen molar-refractivity contribution in [3.8, 4) is 5.75 Å². The normalized spacial score (nSPS) is 15.8. The molecule has 1 heterocycles. The van der Waals surface area contributed by atoms with Gasteiger partial charge in [-0.05, 0) is 35.9 Å². The van der Waals surface area contributed by atoms with E-state index in [-0.39, 0.29) is 23.9 Å². The molecule has 0 spiro atoms. The van der Waals surface area contributed by atoms with Crippen LogP contribution in [0, 0.1) is 0 Å². The van der Waals surface area contributed by atoms with Gasteiger partial charge < -0.3 is 9.64 Å². The minimum atomic E-state index is -3.57. The van der Waals surface area contributed by atoms with Crippen molar-refractivity contribution in [2.45, 2.75) is 4.90 Å². The van der Waals surface area contributed by atoms with Gasteiger partial charge in [-0.1, -0.05) is 30.3 Å². The Hall–Kier alpha value is -2.64. The summed E-state index contributed by atoms with van der Waals surface area (Å²) in [6, 6.07) is 15.9. The maximum atomic E-state index is 12.7. The molecule has 3 rings (SSSR count). The highest BCUT2D eigenvalue weighted by molar-refractivity contribution is 7.89. The predicted octanol–water partition coefficient (Wildman–Crippen LogP) is 2.24. The highest BCUT2D eigenvalue weighted by Gasteiger charge is 2.29. The number of sulfonamides is 1. The van der Waals surface area contributed by atoms with E-state index >= 15 is 0 Å². The molecule has 0 saturated carbocycles. The zero-order valence-corrected chi connectivity index (χ0v) is 15.9. The Morgan fingerprint density at radius 2 is 1.59 bits per heavy atom. The highest BCUT2D eigenvalue weighted by atomic mass is 32.2. The van der Waals surface area contributed by atoms with Crippen LogP contribution in [0.3, 0.4) is 0 Å². The first-order chi connectivity index (χ1) is 13.0. The number of hydrogen-bond donors (Lipinski definition) is 0. The lowest BCUT2D eigenvalue weighted by Gasteiger charge is -2.33. The number of carbonyl (C=O) groups is 1. The van der Waals surface area contributed by atoms with Gasteiger partial charge in [0.05, 0.1) is 12.0 Å². The maximum Gasteiger partial charge on any atom is 0.246 e. The quantitative estimate of drug-likeness (QED) is 0.739. The largest absolute Gasteiger partial charge is 0.497 e. The molecule has 2 aromatic rings. The Balaban J connectivity index is 1.60. The molecule has 7 heteroatoms. The van der Waals surface area contributed by atoms with Crippen LogP contribution >= 0.6 is 0 Å². The second-order valence-corrected chi connectivity index (χ2v) is 8.09. The molecule has 1 aliphatic rings. The van der Waals surface area contributed by atoms with Crippen LogP contribution in [0.2, 0.25) is 0 Å². The first-order valence-electron chi connectivity index (χ1n) is 8.67. The number of hydrogen-bond acceptors (Lipinski definition) is 4. The van der Waals surface area contributed by atoms with Gasteiger partial charge in [-0.2, -0.15) is 4.31 Å². The minimum absolute atomic E-state index is 0.111. The van der Waals surface area contributed by atoms with Crippen molar-refractivity contribution in [1.29, 1.82) is 0 Å². The standard InChI is InChI=1S/C20H22N2O4S/c1-26-18-8-10-19(11-9-18)27(24,25)22-15-13-21(14-16-22)20(23)12-7-17-5-3-2-4-6-17/h2-12H,13-16H2,1H3/b12-7-. The van der Waals surface area contributed by atoms with Crippen LogP contribution in [0.1, 0.15) is 5.56 Å². The molecule has 27 heavy (non-hydrogen) atoms. The Labute approximate surface area is 159 Å². The lowest BCUT2D eigenvalue weighted by Crippen LogP contribution is -2.50. The third-order valence-corrected chi connectivity index (χ3v) is 6.38. The molecule has 0 radical (unpaired) electrons. The fraction of sp³-hybridized carbons (Fsp3) is 0.250. The van der Waals surface area contributed by atoms with Gasteiger partial charge in [0, 0.05) is 32.3 Å². The third-order valence-electron chi connectivity index (χ3n) is 4.47. The summed E-state index contributed by atoms with van der Waals surface area (Å²) in [5, 5.41) is 0. The van der Waals surface area contributed by atoms with Crippen LogP contribution in [-0.4, -0.2) is 56.8 Å². The van der Waals surface area contributed by atoms with Crippen LogP contribution < -0.4 is 4.74 Å². The second kappa shape index (κ2) is 8.37. The molecule has 1 amide bonds. The SMILES string of the molecule is COc1ccc(S(=O)(=O)N2CCN(C(=O)/C=C\c3ccccc3)CC2)cc1. The second-order valence-electron chi connectivity index (χ2n) is 6.15. The summed E-state index contributed by atoms with van der Waals surface area (Å²) in [5.41, 5.74) is 0.951. The average Bonchev–Trinajstić information content (AvgIpc) is 2.73. The van der Waals surface area contributed by atoms with Gasteiger partial charge in [0.2, 0.25) is 15.9 Å². The minimum Gasteiger partial charge on any atom is -0.497 e. The Bertz CT molecular complexity index is 901. The maximum absolute atomic E-state index is 12.7. The summed E-state index contributed by atoms with van der Waals surface area (Å²) in [7, 11) is -2.04. The molecule has 2 aromatic carbocycles. The molecular weight excluding hydrogens is 364 g/mol. The zero-order chi connectivity index (χ0) is 19.3. The van der Waals surface area contributed by atoms with Gasteiger partial charge >= 0.3 is 0 Å². The molecule has 0 bridgehead atoms. The van der Waals surface area contributed by atoms with Gasteiger partial charge in [0.25, 0.3) is 0 Å². The van der Waals surface area contributed by atoms with E-state index in [4.69, 9.17) is 4.74 Å². The molecule has 1 fully saturated rings. The topological polar surface area (TPSA) is 66.9 Å². The molecule has 0 N–H and O–H groups in total. The summed E-state index contributed by atoms with van der Waals surface area (Å²) < 4.78 is 32.0. The van der Waals surface area contributed by atoms with E-state index in [1.165, 1.54) is 29.6 Å². The third kappa shape index (κ3) is 4.56. The molecule has 1 saturated heterocycles. The summed E-state index contributed by atoms with van der Waals surface area (Å²) in [6.45, 7) is 1.29. The van der Waals surface area contributed by atoms with Crippen molar-refractivity contribution in [3.05, 3.63) is 66.2 Å². The highest BCUT2D eigenvalue weighted by Crippen LogP contribution is 2.20. The number of carbonyl (C=O) groups excluding carboxylic acids is 1. The molecular formula is C20H22N2O4S. The number of ether oxygens (including phenoxy) is 1. The first-order valence-corrected chi connectivity index (χ1v) is 10.1. The Morgan fingerprint density at radius 3 is 2.19 bits per heavy atom. The summed E-state index contributed by atoms with van der Waals surface area (Å²) >= 11 is 0. The number of rotatable bonds is 5. The van der Waals surface area contributed by atoms with Gasteiger partial charge in [0.1, 0.15) is 5.75 Å². The van der Waals surface area contributed by atoms with Gasteiger partial charge in [-0.15, -0.1) is 0 Å². The Kier molecular flexibility index (Phi) is 5.93. The fourth-order valence-corrected chi connectivity index (χ4v) is 4.30. The monoisotopic (exact) mass is 386 g/mol. The van der Waals surface area contributed by atoms with E-state index in [0.29, 0.717) is 18.8 Å². The zero-order valence-electron chi connectivity index (χ0n) is 15.1. The molecule has 0 aromatic heterocycles. The number of amides is 1. The van der Waals surface area contributed by atoms with Gasteiger partial charge in [-0.25, -0.2) is 8.42 Å². The number of piperazine rings is 1. The van der Waals surface area contributed by atoms with E-state index in [9.17, 15) is 13.2 Å². The van der Waals surface area contributed by atoms with Crippen molar-refractivity contribution >= 4 is 22.0 Å². The van der Waals surface area contributed by atoms with Crippen molar-refractivity contribution in [2.24, 2.45) is 0 Å². The number of nitrogens with zero attached hydrogens (tertiary/aromatic N) is 2. The van der Waals surface area contributed by atoms with Crippen molar-refractivity contribution in [3.63, 3.8) is 0 Å². The molecule has 0 aliphatic carbocycles. The van der Waals surface area contributed by atoms with E-state index in [2.05, 4.69) is 0 Å². The number of benzene rings is 2. The first kappa shape index (κ1) is 19.1. The van der Waals surface area contributed by atoms with Crippen molar-refractivity contribution in [1.82, 2.24) is 9.21 Å². The molecule has 0 unspecified atom stereocenters. The van der Waals surface area contributed by atoms with Crippen LogP contribution in [0.4, 0.5) is 0 Å². The summed E-state index contributed by atoms with van der Waals surface area (Å²) in [6.07, 6.45) is 3.30. The van der Waals surface area contributed by atoms with Crippen LogP contribution in [-0.2, 0) is 14.8 Å².